The van der Waals surface area contributed by atoms with Crippen LogP contribution in [0.2, 0.25) is 0 Å². The Bertz CT molecular complexity index is 429. The monoisotopic (exact) mass is 280 g/mol. The first-order chi connectivity index (χ1) is 9.43. The van der Waals surface area contributed by atoms with Gasteiger partial charge in [0.15, 0.2) is 0 Å². The Morgan fingerprint density at radius 3 is 2.30 bits per heavy atom. The van der Waals surface area contributed by atoms with E-state index in [1.54, 1.807) is 0 Å². The number of carboxylic acids is 1. The van der Waals surface area contributed by atoms with E-state index >= 15 is 0 Å². The number of carboxylic acid groups (broad SMARTS) is 1. The van der Waals surface area contributed by atoms with Gasteiger partial charge in [-0.1, -0.05) is 13.8 Å². The van der Waals surface area contributed by atoms with Crippen LogP contribution in [-0.4, -0.2) is 59.0 Å². The second kappa shape index (κ2) is 4.72. The first kappa shape index (κ1) is 13.9. The maximum atomic E-state index is 12.5. The highest BCUT2D eigenvalue weighted by atomic mass is 16.4. The topological polar surface area (TPSA) is 60.9 Å². The van der Waals surface area contributed by atoms with Gasteiger partial charge in [-0.25, -0.2) is 0 Å². The molecule has 0 spiro atoms. The van der Waals surface area contributed by atoms with Crippen molar-refractivity contribution in [2.75, 3.05) is 26.2 Å². The van der Waals surface area contributed by atoms with Crippen LogP contribution < -0.4 is 0 Å². The Labute approximate surface area is 119 Å². The van der Waals surface area contributed by atoms with Gasteiger partial charge in [0.05, 0.1) is 11.8 Å². The van der Waals surface area contributed by atoms with Gasteiger partial charge in [0.1, 0.15) is 0 Å². The van der Waals surface area contributed by atoms with E-state index in [-0.39, 0.29) is 17.2 Å². The van der Waals surface area contributed by atoms with Gasteiger partial charge < -0.3 is 10.0 Å². The zero-order valence-corrected chi connectivity index (χ0v) is 12.3. The Hall–Kier alpha value is -1.10. The molecule has 3 aliphatic rings. The van der Waals surface area contributed by atoms with Crippen LogP contribution >= 0.6 is 0 Å². The largest absolute Gasteiger partial charge is 0.481 e. The van der Waals surface area contributed by atoms with Gasteiger partial charge in [-0.2, -0.15) is 0 Å². The molecule has 20 heavy (non-hydrogen) atoms. The Morgan fingerprint density at radius 2 is 1.75 bits per heavy atom. The number of aliphatic carboxylic acids is 1. The van der Waals surface area contributed by atoms with E-state index in [4.69, 9.17) is 0 Å². The van der Waals surface area contributed by atoms with E-state index in [1.165, 1.54) is 12.8 Å². The number of amides is 1. The van der Waals surface area contributed by atoms with Crippen molar-refractivity contribution in [1.82, 2.24) is 9.80 Å². The molecule has 0 aromatic rings. The second-order valence-electron chi connectivity index (χ2n) is 7.08. The number of likely N-dealkylation sites (tertiary alicyclic amines) is 2. The van der Waals surface area contributed by atoms with Crippen LogP contribution in [-0.2, 0) is 9.59 Å². The molecule has 1 unspecified atom stereocenters. The number of carbonyl (C=O) groups excluding carboxylic acids is 1. The molecule has 1 aliphatic carbocycles. The summed E-state index contributed by atoms with van der Waals surface area (Å²) in [5.41, 5.74) is -0.380. The fraction of sp³-hybridized carbons (Fsp3) is 0.867. The molecule has 3 fully saturated rings. The first-order valence-electron chi connectivity index (χ1n) is 7.68. The molecule has 0 radical (unpaired) electrons. The highest BCUT2D eigenvalue weighted by Gasteiger charge is 2.66. The highest BCUT2D eigenvalue weighted by molar-refractivity contribution is 5.91. The summed E-state index contributed by atoms with van der Waals surface area (Å²) in [6, 6.07) is 0.492. The second-order valence-corrected chi connectivity index (χ2v) is 7.08. The molecular formula is C15H24N2O3. The predicted molar refractivity (Wildman–Crippen MR) is 74.2 cm³/mol. The molecule has 1 amide bonds. The molecule has 3 atom stereocenters. The summed E-state index contributed by atoms with van der Waals surface area (Å²) >= 11 is 0. The lowest BCUT2D eigenvalue weighted by molar-refractivity contribution is -0.141. The highest BCUT2D eigenvalue weighted by Crippen LogP contribution is 2.59. The number of hydrogen-bond donors (Lipinski definition) is 1. The molecule has 0 bridgehead atoms. The minimum atomic E-state index is -0.830. The maximum absolute atomic E-state index is 12.5. The van der Waals surface area contributed by atoms with Crippen molar-refractivity contribution in [1.29, 1.82) is 0 Å². The van der Waals surface area contributed by atoms with Crippen molar-refractivity contribution in [3.63, 3.8) is 0 Å². The molecule has 2 saturated heterocycles. The minimum absolute atomic E-state index is 0.0593. The smallest absolute Gasteiger partial charge is 0.307 e. The first-order valence-corrected chi connectivity index (χ1v) is 7.68. The van der Waals surface area contributed by atoms with Crippen molar-refractivity contribution < 1.29 is 14.7 Å². The normalized spacial score (nSPS) is 36.3. The minimum Gasteiger partial charge on any atom is -0.481 e. The fourth-order valence-corrected chi connectivity index (χ4v) is 4.10. The predicted octanol–water partition coefficient (Wildman–Crippen LogP) is 1.04. The van der Waals surface area contributed by atoms with E-state index < -0.39 is 11.9 Å². The van der Waals surface area contributed by atoms with Crippen molar-refractivity contribution >= 4 is 11.9 Å². The summed E-state index contributed by atoms with van der Waals surface area (Å²) in [5.74, 6) is -1.59. The average molecular weight is 280 g/mol. The van der Waals surface area contributed by atoms with Crippen molar-refractivity contribution in [2.45, 2.75) is 39.2 Å². The van der Waals surface area contributed by atoms with E-state index in [2.05, 4.69) is 4.90 Å². The Kier molecular flexibility index (Phi) is 3.27. The van der Waals surface area contributed by atoms with Crippen molar-refractivity contribution in [2.24, 2.45) is 17.3 Å². The molecule has 0 aromatic carbocycles. The van der Waals surface area contributed by atoms with Crippen LogP contribution in [0.1, 0.15) is 33.1 Å². The lowest BCUT2D eigenvalue weighted by atomic mass is 10.1. The van der Waals surface area contributed by atoms with Gasteiger partial charge in [0, 0.05) is 19.1 Å². The molecule has 1 saturated carbocycles. The number of carbonyl (C=O) groups is 2. The molecule has 5 heteroatoms. The van der Waals surface area contributed by atoms with Crippen LogP contribution in [0.25, 0.3) is 0 Å². The average Bonchev–Trinajstić information content (AvgIpc) is 2.88. The van der Waals surface area contributed by atoms with Crippen molar-refractivity contribution in [3.05, 3.63) is 0 Å². The molecule has 0 aromatic heterocycles. The molecular weight excluding hydrogens is 256 g/mol. The molecule has 2 heterocycles. The standard InChI is InChI=1S/C15H24N2O3/c1-15(2)11(12(15)14(19)20)13(18)17-8-5-10(9-17)16-6-3-4-7-16/h10-12H,3-9H2,1-2H3,(H,19,20)/t10?,11-,12+/m1/s1. The van der Waals surface area contributed by atoms with E-state index in [0.29, 0.717) is 6.04 Å². The van der Waals surface area contributed by atoms with Crippen LogP contribution in [0.3, 0.4) is 0 Å². The number of hydrogen-bond acceptors (Lipinski definition) is 3. The molecule has 112 valence electrons. The third-order valence-corrected chi connectivity index (χ3v) is 5.49. The molecule has 5 nitrogen and oxygen atoms in total. The van der Waals surface area contributed by atoms with Crippen LogP contribution in [0.15, 0.2) is 0 Å². The molecule has 3 rings (SSSR count). The maximum Gasteiger partial charge on any atom is 0.307 e. The zero-order chi connectivity index (χ0) is 14.5. The lowest BCUT2D eigenvalue weighted by Crippen LogP contribution is -2.38. The van der Waals surface area contributed by atoms with Gasteiger partial charge in [-0.3, -0.25) is 14.5 Å². The van der Waals surface area contributed by atoms with E-state index in [9.17, 15) is 14.7 Å². The van der Waals surface area contributed by atoms with Gasteiger partial charge in [-0.05, 0) is 37.8 Å². The summed E-state index contributed by atoms with van der Waals surface area (Å²) in [7, 11) is 0. The third-order valence-electron chi connectivity index (χ3n) is 5.49. The van der Waals surface area contributed by atoms with E-state index in [0.717, 1.165) is 32.6 Å². The number of nitrogens with zero attached hydrogens (tertiary/aromatic N) is 2. The Balaban J connectivity index is 1.61. The lowest BCUT2D eigenvalue weighted by Gasteiger charge is -2.23. The van der Waals surface area contributed by atoms with Gasteiger partial charge >= 0.3 is 5.97 Å². The van der Waals surface area contributed by atoms with Crippen LogP contribution in [0.5, 0.6) is 0 Å². The summed E-state index contributed by atoms with van der Waals surface area (Å²) < 4.78 is 0. The number of rotatable bonds is 3. The zero-order valence-electron chi connectivity index (χ0n) is 12.3. The van der Waals surface area contributed by atoms with Gasteiger partial charge in [0.25, 0.3) is 0 Å². The Morgan fingerprint density at radius 1 is 1.10 bits per heavy atom. The fourth-order valence-electron chi connectivity index (χ4n) is 4.10. The van der Waals surface area contributed by atoms with Crippen molar-refractivity contribution in [3.8, 4) is 0 Å². The summed E-state index contributed by atoms with van der Waals surface area (Å²) in [6.45, 7) is 7.67. The third kappa shape index (κ3) is 2.12. The van der Waals surface area contributed by atoms with E-state index in [1.807, 2.05) is 18.7 Å². The van der Waals surface area contributed by atoms with Crippen LogP contribution in [0, 0.1) is 17.3 Å². The van der Waals surface area contributed by atoms with Gasteiger partial charge in [-0.15, -0.1) is 0 Å². The molecule has 2 aliphatic heterocycles. The summed E-state index contributed by atoms with van der Waals surface area (Å²) in [6.07, 6.45) is 3.57. The van der Waals surface area contributed by atoms with Crippen LogP contribution in [0.4, 0.5) is 0 Å². The summed E-state index contributed by atoms with van der Waals surface area (Å²) in [5, 5.41) is 9.20. The van der Waals surface area contributed by atoms with Gasteiger partial charge in [0.2, 0.25) is 5.91 Å². The molecule has 1 N–H and O–H groups in total. The SMILES string of the molecule is CC1(C)[C@H](C(=O)O)[C@@H]1C(=O)N1CCC(N2CCCC2)C1. The summed E-state index contributed by atoms with van der Waals surface area (Å²) in [4.78, 5) is 28.1. The quantitative estimate of drug-likeness (QED) is 0.839.